The molecule has 3 rings (SSSR count). The molecule has 0 bridgehead atoms. The largest absolute Gasteiger partial charge is 0.351 e. The summed E-state index contributed by atoms with van der Waals surface area (Å²) in [5, 5.41) is 9.48. The molecule has 1 saturated heterocycles. The Bertz CT molecular complexity index is 645. The monoisotopic (exact) mass is 335 g/mol. The topological polar surface area (TPSA) is 70.2 Å². The van der Waals surface area contributed by atoms with Gasteiger partial charge in [0.15, 0.2) is 0 Å². The standard InChI is InChI=1S/C17H22ClN3O2/c1-17(2)8-15(22)21-14(17)9-19-16(23)20-13-6-4-10-3-5-11(18)7-12(10)13/h3,5,7,13-14H,4,6,8-9H2,1-2H3,(H,21,22)(H2,19,20,23). The van der Waals surface area contributed by atoms with Crippen molar-refractivity contribution in [1.29, 1.82) is 0 Å². The Morgan fingerprint density at radius 1 is 1.43 bits per heavy atom. The first-order valence-corrected chi connectivity index (χ1v) is 8.35. The molecule has 0 radical (unpaired) electrons. The fourth-order valence-corrected chi connectivity index (χ4v) is 3.61. The van der Waals surface area contributed by atoms with Gasteiger partial charge in [0.1, 0.15) is 0 Å². The summed E-state index contributed by atoms with van der Waals surface area (Å²) in [6.45, 7) is 4.49. The van der Waals surface area contributed by atoms with Gasteiger partial charge in [-0.3, -0.25) is 4.79 Å². The molecule has 3 amide bonds. The average molecular weight is 336 g/mol. The van der Waals surface area contributed by atoms with Crippen molar-refractivity contribution < 1.29 is 9.59 Å². The van der Waals surface area contributed by atoms with Gasteiger partial charge in [-0.25, -0.2) is 4.79 Å². The first kappa shape index (κ1) is 16.1. The number of halogens is 1. The van der Waals surface area contributed by atoms with Gasteiger partial charge in [-0.2, -0.15) is 0 Å². The van der Waals surface area contributed by atoms with E-state index in [9.17, 15) is 9.59 Å². The molecule has 1 aliphatic heterocycles. The molecule has 2 unspecified atom stereocenters. The van der Waals surface area contributed by atoms with Crippen LogP contribution in [-0.4, -0.2) is 24.5 Å². The molecule has 124 valence electrons. The molecule has 23 heavy (non-hydrogen) atoms. The molecule has 5 nitrogen and oxygen atoms in total. The highest BCUT2D eigenvalue weighted by atomic mass is 35.5. The molecular weight excluding hydrogens is 314 g/mol. The Labute approximate surface area is 141 Å². The first-order chi connectivity index (χ1) is 10.8. The van der Waals surface area contributed by atoms with Crippen molar-refractivity contribution in [3.05, 3.63) is 34.3 Å². The van der Waals surface area contributed by atoms with Crippen molar-refractivity contribution in [2.24, 2.45) is 5.41 Å². The Morgan fingerprint density at radius 3 is 2.91 bits per heavy atom. The van der Waals surface area contributed by atoms with Crippen LogP contribution in [0.5, 0.6) is 0 Å². The number of amides is 3. The Hall–Kier alpha value is -1.75. The number of carbonyl (C=O) groups excluding carboxylic acids is 2. The van der Waals surface area contributed by atoms with Gasteiger partial charge >= 0.3 is 6.03 Å². The van der Waals surface area contributed by atoms with E-state index in [4.69, 9.17) is 11.6 Å². The van der Waals surface area contributed by atoms with Crippen molar-refractivity contribution in [2.75, 3.05) is 6.54 Å². The van der Waals surface area contributed by atoms with Crippen LogP contribution in [0.25, 0.3) is 0 Å². The maximum Gasteiger partial charge on any atom is 0.315 e. The van der Waals surface area contributed by atoms with Crippen molar-refractivity contribution >= 4 is 23.5 Å². The number of urea groups is 1. The predicted molar refractivity (Wildman–Crippen MR) is 89.4 cm³/mol. The Balaban J connectivity index is 1.55. The predicted octanol–water partition coefficient (Wildman–Crippen LogP) is 2.54. The molecule has 1 fully saturated rings. The van der Waals surface area contributed by atoms with E-state index in [0.717, 1.165) is 18.4 Å². The number of fused-ring (bicyclic) bond motifs is 1. The van der Waals surface area contributed by atoms with Crippen molar-refractivity contribution in [3.8, 4) is 0 Å². The smallest absolute Gasteiger partial charge is 0.315 e. The highest BCUT2D eigenvalue weighted by Crippen LogP contribution is 2.33. The van der Waals surface area contributed by atoms with Gasteiger partial charge in [-0.05, 0) is 41.5 Å². The highest BCUT2D eigenvalue weighted by Gasteiger charge is 2.39. The van der Waals surface area contributed by atoms with Crippen LogP contribution in [0.15, 0.2) is 18.2 Å². The number of nitrogens with one attached hydrogen (secondary N) is 3. The number of hydrogen-bond donors (Lipinski definition) is 3. The summed E-state index contributed by atoms with van der Waals surface area (Å²) in [5.74, 6) is 0.0431. The Morgan fingerprint density at radius 2 is 2.22 bits per heavy atom. The lowest BCUT2D eigenvalue weighted by atomic mass is 9.85. The van der Waals surface area contributed by atoms with E-state index in [-0.39, 0.29) is 29.4 Å². The fourth-order valence-electron chi connectivity index (χ4n) is 3.43. The number of hydrogen-bond acceptors (Lipinski definition) is 2. The second-order valence-corrected chi connectivity index (χ2v) is 7.51. The van der Waals surface area contributed by atoms with E-state index in [1.54, 1.807) is 0 Å². The summed E-state index contributed by atoms with van der Waals surface area (Å²) in [7, 11) is 0. The van der Waals surface area contributed by atoms with Gasteiger partial charge in [0, 0.05) is 18.0 Å². The highest BCUT2D eigenvalue weighted by molar-refractivity contribution is 6.30. The molecule has 1 aromatic rings. The third kappa shape index (κ3) is 3.44. The number of rotatable bonds is 3. The minimum atomic E-state index is -0.209. The fraction of sp³-hybridized carbons (Fsp3) is 0.529. The van der Waals surface area contributed by atoms with Crippen LogP contribution >= 0.6 is 11.6 Å². The van der Waals surface area contributed by atoms with E-state index in [1.807, 2.05) is 32.0 Å². The lowest BCUT2D eigenvalue weighted by molar-refractivity contribution is -0.119. The molecule has 0 aromatic heterocycles. The van der Waals surface area contributed by atoms with Crippen LogP contribution in [0.3, 0.4) is 0 Å². The minimum absolute atomic E-state index is 0.00474. The number of carbonyl (C=O) groups is 2. The molecule has 0 spiro atoms. The molecular formula is C17H22ClN3O2. The molecule has 0 saturated carbocycles. The summed E-state index contributed by atoms with van der Waals surface area (Å²) in [6, 6.07) is 5.58. The average Bonchev–Trinajstić information content (AvgIpc) is 2.96. The van der Waals surface area contributed by atoms with Gasteiger partial charge in [-0.1, -0.05) is 31.5 Å². The summed E-state index contributed by atoms with van der Waals surface area (Å²) in [6.07, 6.45) is 2.33. The molecule has 2 aliphatic rings. The van der Waals surface area contributed by atoms with Gasteiger partial charge < -0.3 is 16.0 Å². The van der Waals surface area contributed by atoms with E-state index in [2.05, 4.69) is 16.0 Å². The lowest BCUT2D eigenvalue weighted by Crippen LogP contribution is -2.47. The van der Waals surface area contributed by atoms with E-state index in [0.29, 0.717) is 18.0 Å². The lowest BCUT2D eigenvalue weighted by Gasteiger charge is -2.26. The van der Waals surface area contributed by atoms with Crippen molar-refractivity contribution in [1.82, 2.24) is 16.0 Å². The van der Waals surface area contributed by atoms with Gasteiger partial charge in [-0.15, -0.1) is 0 Å². The maximum absolute atomic E-state index is 12.2. The molecule has 3 N–H and O–H groups in total. The quantitative estimate of drug-likeness (QED) is 0.794. The van der Waals surface area contributed by atoms with E-state index in [1.165, 1.54) is 5.56 Å². The zero-order valence-electron chi connectivity index (χ0n) is 13.4. The van der Waals surface area contributed by atoms with E-state index >= 15 is 0 Å². The van der Waals surface area contributed by atoms with Crippen molar-refractivity contribution in [2.45, 2.75) is 45.2 Å². The Kier molecular flexibility index (Phi) is 4.23. The zero-order valence-corrected chi connectivity index (χ0v) is 14.2. The van der Waals surface area contributed by atoms with Crippen LogP contribution in [-0.2, 0) is 11.2 Å². The van der Waals surface area contributed by atoms with Crippen LogP contribution in [0.2, 0.25) is 5.02 Å². The summed E-state index contributed by atoms with van der Waals surface area (Å²) in [5.41, 5.74) is 2.20. The number of aryl methyl sites for hydroxylation is 1. The minimum Gasteiger partial charge on any atom is -0.351 e. The van der Waals surface area contributed by atoms with Crippen LogP contribution in [0.1, 0.15) is 43.9 Å². The summed E-state index contributed by atoms with van der Waals surface area (Å²) < 4.78 is 0. The van der Waals surface area contributed by atoms with Gasteiger partial charge in [0.25, 0.3) is 0 Å². The summed E-state index contributed by atoms with van der Waals surface area (Å²) in [4.78, 5) is 23.7. The zero-order chi connectivity index (χ0) is 16.6. The number of benzene rings is 1. The normalized spacial score (nSPS) is 24.9. The van der Waals surface area contributed by atoms with Crippen LogP contribution < -0.4 is 16.0 Å². The van der Waals surface area contributed by atoms with Crippen LogP contribution in [0, 0.1) is 5.41 Å². The van der Waals surface area contributed by atoms with Crippen molar-refractivity contribution in [3.63, 3.8) is 0 Å². The second-order valence-electron chi connectivity index (χ2n) is 7.07. The van der Waals surface area contributed by atoms with E-state index < -0.39 is 0 Å². The SMILES string of the molecule is CC1(C)CC(=O)NC1CNC(=O)NC1CCc2ccc(Cl)cc21. The van der Waals surface area contributed by atoms with Gasteiger partial charge in [0.05, 0.1) is 12.1 Å². The third-order valence-corrected chi connectivity index (χ3v) is 5.09. The maximum atomic E-state index is 12.2. The summed E-state index contributed by atoms with van der Waals surface area (Å²) >= 11 is 6.05. The van der Waals surface area contributed by atoms with Gasteiger partial charge in [0.2, 0.25) is 5.91 Å². The molecule has 1 heterocycles. The molecule has 2 atom stereocenters. The second kappa shape index (κ2) is 6.04. The van der Waals surface area contributed by atoms with Crippen LogP contribution in [0.4, 0.5) is 4.79 Å². The molecule has 1 aliphatic carbocycles. The molecule has 1 aromatic carbocycles. The molecule has 6 heteroatoms. The third-order valence-electron chi connectivity index (χ3n) is 4.85. The first-order valence-electron chi connectivity index (χ1n) is 7.97.